The van der Waals surface area contributed by atoms with Gasteiger partial charge in [-0.25, -0.2) is 4.98 Å². The van der Waals surface area contributed by atoms with Gasteiger partial charge in [-0.1, -0.05) is 0 Å². The Balaban J connectivity index is 1.94. The summed E-state index contributed by atoms with van der Waals surface area (Å²) in [4.78, 5) is 15.1. The van der Waals surface area contributed by atoms with Crippen molar-refractivity contribution in [1.29, 1.82) is 0 Å². The minimum atomic E-state index is -4.44. The summed E-state index contributed by atoms with van der Waals surface area (Å²) >= 11 is 3.26. The minimum absolute atomic E-state index is 0.162. The molecule has 0 bridgehead atoms. The molecular weight excluding hydrogens is 506 g/mol. The van der Waals surface area contributed by atoms with Crippen molar-refractivity contribution in [3.05, 3.63) is 57.6 Å². The largest absolute Gasteiger partial charge is 0.417 e. The van der Waals surface area contributed by atoms with Crippen molar-refractivity contribution in [3.8, 4) is 5.69 Å². The predicted octanol–water partition coefficient (Wildman–Crippen LogP) is 4.07. The van der Waals surface area contributed by atoms with E-state index in [1.165, 1.54) is 13.0 Å². The van der Waals surface area contributed by atoms with Crippen LogP contribution < -0.4 is 5.32 Å². The van der Waals surface area contributed by atoms with Gasteiger partial charge in [0, 0.05) is 22.4 Å². The lowest BCUT2D eigenvalue weighted by atomic mass is 10.3. The van der Waals surface area contributed by atoms with E-state index in [0.717, 1.165) is 33.3 Å². The molecule has 0 saturated heterocycles. The number of nitrogens with zero attached hydrogens (tertiary/aromatic N) is 4. The molecule has 0 aliphatic carbocycles. The van der Waals surface area contributed by atoms with E-state index in [-0.39, 0.29) is 12.5 Å². The molecule has 0 radical (unpaired) electrons. The molecule has 1 N–H and O–H groups in total. The van der Waals surface area contributed by atoms with E-state index in [4.69, 9.17) is 0 Å². The lowest BCUT2D eigenvalue weighted by Gasteiger charge is -2.11. The fourth-order valence-electron chi connectivity index (χ4n) is 2.24. The van der Waals surface area contributed by atoms with Gasteiger partial charge in [0.15, 0.2) is 5.82 Å². The zero-order chi connectivity index (χ0) is 20.3. The molecular formula is C17H13F3IN5OS. The van der Waals surface area contributed by atoms with E-state index in [1.54, 1.807) is 4.57 Å². The van der Waals surface area contributed by atoms with Crippen LogP contribution in [-0.4, -0.2) is 25.7 Å². The molecule has 11 heteroatoms. The Morgan fingerprint density at radius 3 is 2.46 bits per heavy atom. The number of hydrogen-bond donors (Lipinski definition) is 1. The van der Waals surface area contributed by atoms with Crippen LogP contribution in [0.15, 0.2) is 52.8 Å². The SMILES string of the molecule is CC(=O)NCc1nnc(Sc2ccc(C(F)(F)F)cn2)n1-c1ccc(I)cc1. The van der Waals surface area contributed by atoms with Crippen LogP contribution in [0.4, 0.5) is 13.2 Å². The Hall–Kier alpha value is -2.15. The molecule has 0 unspecified atom stereocenters. The third-order valence-electron chi connectivity index (χ3n) is 3.54. The van der Waals surface area contributed by atoms with E-state index in [1.807, 2.05) is 24.3 Å². The molecule has 2 heterocycles. The number of alkyl halides is 3. The van der Waals surface area contributed by atoms with Crippen molar-refractivity contribution in [1.82, 2.24) is 25.1 Å². The Labute approximate surface area is 176 Å². The van der Waals surface area contributed by atoms with Crippen molar-refractivity contribution in [2.45, 2.75) is 29.8 Å². The number of pyridine rings is 1. The molecule has 6 nitrogen and oxygen atoms in total. The molecule has 1 aromatic carbocycles. The number of carbonyl (C=O) groups is 1. The highest BCUT2D eigenvalue weighted by molar-refractivity contribution is 14.1. The second-order valence-electron chi connectivity index (χ2n) is 5.61. The van der Waals surface area contributed by atoms with Crippen LogP contribution >= 0.6 is 34.4 Å². The third kappa shape index (κ3) is 5.01. The first-order valence-electron chi connectivity index (χ1n) is 7.90. The Morgan fingerprint density at radius 1 is 1.18 bits per heavy atom. The number of carbonyl (C=O) groups excluding carboxylic acids is 1. The molecule has 1 amide bonds. The van der Waals surface area contributed by atoms with Gasteiger partial charge in [0.05, 0.1) is 12.1 Å². The highest BCUT2D eigenvalue weighted by Gasteiger charge is 2.30. The lowest BCUT2D eigenvalue weighted by Crippen LogP contribution is -2.21. The summed E-state index contributed by atoms with van der Waals surface area (Å²) in [5.41, 5.74) is -0.0533. The average molecular weight is 519 g/mol. The first kappa shape index (κ1) is 20.6. The molecule has 0 aliphatic heterocycles. The normalized spacial score (nSPS) is 11.5. The highest BCUT2D eigenvalue weighted by atomic mass is 127. The number of amides is 1. The zero-order valence-electron chi connectivity index (χ0n) is 14.4. The Morgan fingerprint density at radius 2 is 1.89 bits per heavy atom. The second-order valence-corrected chi connectivity index (χ2v) is 7.84. The van der Waals surface area contributed by atoms with Crippen LogP contribution in [-0.2, 0) is 17.5 Å². The fraction of sp³-hybridized carbons (Fsp3) is 0.176. The van der Waals surface area contributed by atoms with Gasteiger partial charge < -0.3 is 5.32 Å². The van der Waals surface area contributed by atoms with Crippen molar-refractivity contribution >= 4 is 40.3 Å². The van der Waals surface area contributed by atoms with Gasteiger partial charge in [-0.15, -0.1) is 10.2 Å². The van der Waals surface area contributed by atoms with Gasteiger partial charge in [-0.2, -0.15) is 13.2 Å². The molecule has 3 aromatic rings. The number of nitrogens with one attached hydrogen (secondary N) is 1. The Kier molecular flexibility index (Phi) is 6.23. The summed E-state index contributed by atoms with van der Waals surface area (Å²) in [7, 11) is 0. The zero-order valence-corrected chi connectivity index (χ0v) is 17.3. The Bertz CT molecular complexity index is 974. The maximum Gasteiger partial charge on any atom is 0.417 e. The number of hydrogen-bond acceptors (Lipinski definition) is 5. The summed E-state index contributed by atoms with van der Waals surface area (Å²) in [6.45, 7) is 1.56. The highest BCUT2D eigenvalue weighted by Crippen LogP contribution is 2.32. The summed E-state index contributed by atoms with van der Waals surface area (Å²) in [5.74, 6) is 0.279. The topological polar surface area (TPSA) is 72.7 Å². The van der Waals surface area contributed by atoms with Crippen LogP contribution in [0.5, 0.6) is 0 Å². The van der Waals surface area contributed by atoms with Gasteiger partial charge in [0.2, 0.25) is 11.1 Å². The molecule has 28 heavy (non-hydrogen) atoms. The van der Waals surface area contributed by atoms with Crippen LogP contribution in [0.25, 0.3) is 5.69 Å². The van der Waals surface area contributed by atoms with Crippen molar-refractivity contribution in [2.75, 3.05) is 0 Å². The van der Waals surface area contributed by atoms with Gasteiger partial charge in [-0.05, 0) is 70.8 Å². The fourth-order valence-corrected chi connectivity index (χ4v) is 3.41. The number of rotatable bonds is 5. The van der Waals surface area contributed by atoms with E-state index >= 15 is 0 Å². The van der Waals surface area contributed by atoms with Crippen molar-refractivity contribution in [3.63, 3.8) is 0 Å². The first-order chi connectivity index (χ1) is 13.2. The molecule has 0 spiro atoms. The number of halogens is 4. The molecule has 0 fully saturated rings. The van der Waals surface area contributed by atoms with Crippen LogP contribution in [0.2, 0.25) is 0 Å². The van der Waals surface area contributed by atoms with Crippen LogP contribution in [0.1, 0.15) is 18.3 Å². The maximum atomic E-state index is 12.7. The van der Waals surface area contributed by atoms with E-state index < -0.39 is 11.7 Å². The molecule has 0 aliphatic rings. The maximum absolute atomic E-state index is 12.7. The number of aromatic nitrogens is 4. The van der Waals surface area contributed by atoms with Crippen molar-refractivity contribution < 1.29 is 18.0 Å². The number of benzene rings is 1. The van der Waals surface area contributed by atoms with Gasteiger partial charge in [0.25, 0.3) is 0 Å². The summed E-state index contributed by atoms with van der Waals surface area (Å²) < 4.78 is 40.9. The molecule has 3 rings (SSSR count). The standard InChI is InChI=1S/C17H13F3IN5OS/c1-10(27)22-9-14-24-25-16(26(14)13-5-3-12(21)4-6-13)28-15-7-2-11(8-23-15)17(18,19)20/h2-8H,9H2,1H3,(H,22,27). The summed E-state index contributed by atoms with van der Waals surface area (Å²) in [6.07, 6.45) is -3.66. The van der Waals surface area contributed by atoms with Crippen LogP contribution in [0.3, 0.4) is 0 Å². The van der Waals surface area contributed by atoms with Crippen LogP contribution in [0, 0.1) is 3.57 Å². The quantitative estimate of drug-likeness (QED) is 0.515. The predicted molar refractivity (Wildman–Crippen MR) is 105 cm³/mol. The molecule has 146 valence electrons. The molecule has 0 atom stereocenters. The third-order valence-corrected chi connectivity index (χ3v) is 5.16. The average Bonchev–Trinajstić information content (AvgIpc) is 3.03. The lowest BCUT2D eigenvalue weighted by molar-refractivity contribution is -0.137. The summed E-state index contributed by atoms with van der Waals surface area (Å²) in [5, 5.41) is 11.7. The van der Waals surface area contributed by atoms with E-state index in [2.05, 4.69) is 43.1 Å². The smallest absolute Gasteiger partial charge is 0.349 e. The van der Waals surface area contributed by atoms with Crippen molar-refractivity contribution in [2.24, 2.45) is 0 Å². The first-order valence-corrected chi connectivity index (χ1v) is 9.79. The molecule has 0 saturated carbocycles. The minimum Gasteiger partial charge on any atom is -0.349 e. The second kappa shape index (κ2) is 8.47. The van der Waals surface area contributed by atoms with E-state index in [0.29, 0.717) is 16.0 Å². The molecule has 2 aromatic heterocycles. The van der Waals surface area contributed by atoms with Gasteiger partial charge in [-0.3, -0.25) is 9.36 Å². The summed E-state index contributed by atoms with van der Waals surface area (Å²) in [6, 6.07) is 9.80. The van der Waals surface area contributed by atoms with Gasteiger partial charge in [0.1, 0.15) is 5.03 Å². The monoisotopic (exact) mass is 519 g/mol. The van der Waals surface area contributed by atoms with E-state index in [9.17, 15) is 18.0 Å². The van der Waals surface area contributed by atoms with Gasteiger partial charge >= 0.3 is 6.18 Å².